The van der Waals surface area contributed by atoms with Crippen LogP contribution in [0.5, 0.6) is 0 Å². The van der Waals surface area contributed by atoms with E-state index in [9.17, 15) is 4.79 Å². The molecule has 22 heavy (non-hydrogen) atoms. The summed E-state index contributed by atoms with van der Waals surface area (Å²) < 4.78 is 0. The molecule has 0 saturated carbocycles. The number of carbonyl (C=O) groups excluding carboxylic acids is 1. The number of hydrogen-bond acceptors (Lipinski definition) is 3. The number of primary amides is 1. The summed E-state index contributed by atoms with van der Waals surface area (Å²) in [5.74, 6) is -0.240. The molecule has 2 aromatic carbocycles. The molecule has 1 saturated heterocycles. The number of nitrogens with zero attached hydrogens (tertiary/aromatic N) is 2. The maximum Gasteiger partial charge on any atom is 0.231 e. The highest BCUT2D eigenvalue weighted by Crippen LogP contribution is 2.28. The first-order valence-corrected chi connectivity index (χ1v) is 7.87. The van der Waals surface area contributed by atoms with Gasteiger partial charge in [-0.25, -0.2) is 0 Å². The van der Waals surface area contributed by atoms with E-state index in [4.69, 9.17) is 5.73 Å². The van der Waals surface area contributed by atoms with Crippen molar-refractivity contribution in [3.05, 3.63) is 48.0 Å². The highest BCUT2D eigenvalue weighted by atomic mass is 16.1. The average molecular weight is 297 g/mol. The molecule has 0 bridgehead atoms. The van der Waals surface area contributed by atoms with E-state index in [-0.39, 0.29) is 5.91 Å². The molecule has 2 aromatic rings. The number of rotatable bonds is 4. The van der Waals surface area contributed by atoms with Crippen molar-refractivity contribution in [2.45, 2.75) is 13.0 Å². The number of nitrogens with two attached hydrogens (primary N) is 1. The Morgan fingerprint density at radius 1 is 1.09 bits per heavy atom. The van der Waals surface area contributed by atoms with Gasteiger partial charge in [-0.05, 0) is 23.3 Å². The van der Waals surface area contributed by atoms with Gasteiger partial charge in [0.2, 0.25) is 5.91 Å². The van der Waals surface area contributed by atoms with Gasteiger partial charge in [0.05, 0.1) is 6.54 Å². The van der Waals surface area contributed by atoms with E-state index >= 15 is 0 Å². The van der Waals surface area contributed by atoms with Crippen molar-refractivity contribution >= 4 is 16.7 Å². The number of benzene rings is 2. The van der Waals surface area contributed by atoms with E-state index in [0.717, 1.165) is 26.2 Å². The van der Waals surface area contributed by atoms with E-state index in [0.29, 0.717) is 12.6 Å². The summed E-state index contributed by atoms with van der Waals surface area (Å²) in [5, 5.41) is 2.62. The van der Waals surface area contributed by atoms with Crippen molar-refractivity contribution in [2.75, 3.05) is 32.7 Å². The molecule has 4 nitrogen and oxygen atoms in total. The molecule has 0 radical (unpaired) electrons. The zero-order valence-corrected chi connectivity index (χ0v) is 13.0. The normalized spacial score (nSPS) is 18.4. The minimum atomic E-state index is -0.240. The van der Waals surface area contributed by atoms with Crippen LogP contribution in [-0.4, -0.2) is 48.4 Å². The predicted octanol–water partition coefficient (Wildman–Crippen LogP) is 2.00. The number of carbonyl (C=O) groups is 1. The van der Waals surface area contributed by atoms with Gasteiger partial charge in [-0.3, -0.25) is 14.6 Å². The monoisotopic (exact) mass is 297 g/mol. The zero-order chi connectivity index (χ0) is 15.5. The SMILES string of the molecule is C[C@H](c1cccc2ccccc12)N1CCN(CC(N)=O)CC1. The van der Waals surface area contributed by atoms with Crippen LogP contribution < -0.4 is 5.73 Å². The van der Waals surface area contributed by atoms with Gasteiger partial charge < -0.3 is 5.73 Å². The van der Waals surface area contributed by atoms with Gasteiger partial charge in [0.1, 0.15) is 0 Å². The summed E-state index contributed by atoms with van der Waals surface area (Å²) in [6, 6.07) is 15.4. The molecule has 1 amide bonds. The zero-order valence-electron chi connectivity index (χ0n) is 13.0. The number of hydrogen-bond donors (Lipinski definition) is 1. The first kappa shape index (κ1) is 15.0. The lowest BCUT2D eigenvalue weighted by atomic mass is 9.98. The molecule has 0 unspecified atom stereocenters. The summed E-state index contributed by atoms with van der Waals surface area (Å²) in [6.45, 7) is 6.38. The van der Waals surface area contributed by atoms with Crippen molar-refractivity contribution in [3.63, 3.8) is 0 Å². The van der Waals surface area contributed by atoms with E-state index in [1.807, 2.05) is 0 Å². The lowest BCUT2D eigenvalue weighted by Gasteiger charge is -2.38. The van der Waals surface area contributed by atoms with Gasteiger partial charge in [-0.1, -0.05) is 42.5 Å². The van der Waals surface area contributed by atoms with E-state index in [1.165, 1.54) is 16.3 Å². The topological polar surface area (TPSA) is 49.6 Å². The molecule has 3 rings (SSSR count). The Balaban J connectivity index is 1.74. The fraction of sp³-hybridized carbons (Fsp3) is 0.389. The van der Waals surface area contributed by atoms with Gasteiger partial charge >= 0.3 is 0 Å². The fourth-order valence-corrected chi connectivity index (χ4v) is 3.34. The highest BCUT2D eigenvalue weighted by Gasteiger charge is 2.23. The van der Waals surface area contributed by atoms with Crippen LogP contribution in [0.3, 0.4) is 0 Å². The van der Waals surface area contributed by atoms with Crippen molar-refractivity contribution < 1.29 is 4.79 Å². The van der Waals surface area contributed by atoms with Crippen LogP contribution in [0.25, 0.3) is 10.8 Å². The number of amides is 1. The molecule has 1 fully saturated rings. The van der Waals surface area contributed by atoms with Crippen LogP contribution in [0, 0.1) is 0 Å². The average Bonchev–Trinajstić information content (AvgIpc) is 2.54. The van der Waals surface area contributed by atoms with Crippen LogP contribution >= 0.6 is 0 Å². The summed E-state index contributed by atoms with van der Waals surface area (Å²) in [5.41, 5.74) is 6.65. The lowest BCUT2D eigenvalue weighted by Crippen LogP contribution is -2.49. The van der Waals surface area contributed by atoms with Crippen LogP contribution in [0.15, 0.2) is 42.5 Å². The highest BCUT2D eigenvalue weighted by molar-refractivity contribution is 5.86. The molecule has 1 heterocycles. The van der Waals surface area contributed by atoms with Crippen LogP contribution in [0.4, 0.5) is 0 Å². The minimum Gasteiger partial charge on any atom is -0.369 e. The Hall–Kier alpha value is -1.91. The second kappa shape index (κ2) is 6.46. The molecule has 0 aliphatic carbocycles. The molecule has 116 valence electrons. The van der Waals surface area contributed by atoms with Gasteiger partial charge in [0.25, 0.3) is 0 Å². The van der Waals surface area contributed by atoms with Crippen molar-refractivity contribution in [3.8, 4) is 0 Å². The van der Waals surface area contributed by atoms with Gasteiger partial charge in [-0.15, -0.1) is 0 Å². The predicted molar refractivity (Wildman–Crippen MR) is 89.6 cm³/mol. The quantitative estimate of drug-likeness (QED) is 0.939. The summed E-state index contributed by atoms with van der Waals surface area (Å²) in [6.07, 6.45) is 0. The van der Waals surface area contributed by atoms with E-state index < -0.39 is 0 Å². The smallest absolute Gasteiger partial charge is 0.231 e. The maximum atomic E-state index is 11.0. The molecule has 4 heteroatoms. The molecule has 2 N–H and O–H groups in total. The summed E-state index contributed by atoms with van der Waals surface area (Å²) in [7, 11) is 0. The molecule has 0 spiro atoms. The van der Waals surface area contributed by atoms with Gasteiger partial charge in [0.15, 0.2) is 0 Å². The standard InChI is InChI=1S/C18H23N3O/c1-14(21-11-9-20(10-12-21)13-18(19)22)16-8-4-6-15-5-2-3-7-17(15)16/h2-8,14H,9-13H2,1H3,(H2,19,22)/t14-/m1/s1. The van der Waals surface area contributed by atoms with E-state index in [1.54, 1.807) is 0 Å². The first-order valence-electron chi connectivity index (χ1n) is 7.87. The van der Waals surface area contributed by atoms with Gasteiger partial charge in [-0.2, -0.15) is 0 Å². The third kappa shape index (κ3) is 3.13. The van der Waals surface area contributed by atoms with Crippen molar-refractivity contribution in [1.82, 2.24) is 9.80 Å². The molecule has 1 aliphatic rings. The van der Waals surface area contributed by atoms with Crippen LogP contribution in [0.2, 0.25) is 0 Å². The maximum absolute atomic E-state index is 11.0. The molecule has 1 atom stereocenters. The number of piperazine rings is 1. The third-order valence-corrected chi connectivity index (χ3v) is 4.61. The first-order chi connectivity index (χ1) is 10.6. The van der Waals surface area contributed by atoms with Crippen LogP contribution in [-0.2, 0) is 4.79 Å². The summed E-state index contributed by atoms with van der Waals surface area (Å²) >= 11 is 0. The lowest BCUT2D eigenvalue weighted by molar-refractivity contribution is -0.119. The Morgan fingerprint density at radius 2 is 1.77 bits per heavy atom. The Bertz CT molecular complexity index is 657. The fourth-order valence-electron chi connectivity index (χ4n) is 3.34. The molecular weight excluding hydrogens is 274 g/mol. The van der Waals surface area contributed by atoms with Gasteiger partial charge in [0, 0.05) is 32.2 Å². The van der Waals surface area contributed by atoms with Crippen molar-refractivity contribution in [1.29, 1.82) is 0 Å². The second-order valence-electron chi connectivity index (χ2n) is 6.02. The largest absolute Gasteiger partial charge is 0.369 e. The van der Waals surface area contributed by atoms with Crippen molar-refractivity contribution in [2.24, 2.45) is 5.73 Å². The van der Waals surface area contributed by atoms with E-state index in [2.05, 4.69) is 59.2 Å². The summed E-state index contributed by atoms with van der Waals surface area (Å²) in [4.78, 5) is 15.6. The Kier molecular flexibility index (Phi) is 4.41. The minimum absolute atomic E-state index is 0.240. The Morgan fingerprint density at radius 3 is 2.50 bits per heavy atom. The Labute approximate surface area is 131 Å². The molecule has 1 aliphatic heterocycles. The molecule has 0 aromatic heterocycles. The van der Waals surface area contributed by atoms with Crippen LogP contribution in [0.1, 0.15) is 18.5 Å². The molecular formula is C18H23N3O. The number of fused-ring (bicyclic) bond motifs is 1. The third-order valence-electron chi connectivity index (χ3n) is 4.61. The second-order valence-corrected chi connectivity index (χ2v) is 6.02.